The van der Waals surface area contributed by atoms with Crippen molar-refractivity contribution in [3.8, 4) is 0 Å². The Morgan fingerprint density at radius 2 is 1.30 bits per heavy atom. The van der Waals surface area contributed by atoms with Crippen LogP contribution in [0.5, 0.6) is 0 Å². The normalized spacial score (nSPS) is 11.6. The van der Waals surface area contributed by atoms with Crippen molar-refractivity contribution in [1.82, 2.24) is 9.97 Å². The fourth-order valence-electron chi connectivity index (χ4n) is 4.64. The van der Waals surface area contributed by atoms with E-state index in [4.69, 9.17) is 0 Å². The average molecular weight is 395 g/mol. The van der Waals surface area contributed by atoms with Gasteiger partial charge >= 0.3 is 0 Å². The molecule has 5 rings (SSSR count). The lowest BCUT2D eigenvalue weighted by Crippen LogP contribution is -2.06. The van der Waals surface area contributed by atoms with Gasteiger partial charge in [-0.2, -0.15) is 0 Å². The van der Waals surface area contributed by atoms with Crippen LogP contribution in [0.2, 0.25) is 0 Å². The number of nitrogens with zero attached hydrogens (tertiary/aromatic N) is 1. The highest BCUT2D eigenvalue weighted by molar-refractivity contribution is 5.90. The van der Waals surface area contributed by atoms with E-state index >= 15 is 0 Å². The number of rotatable bonds is 4. The zero-order valence-electron chi connectivity index (χ0n) is 16.8. The number of H-pyrrole nitrogens is 2. The first kappa shape index (κ1) is 18.2. The molecule has 5 aromatic rings. The fraction of sp³-hybridized carbons (Fsp3) is 0.120. The molecule has 3 aromatic carbocycles. The summed E-state index contributed by atoms with van der Waals surface area (Å²) in [7, 11) is 0. The zero-order valence-corrected chi connectivity index (χ0v) is 16.8. The predicted octanol–water partition coefficient (Wildman–Crippen LogP) is 6.35. The van der Waals surface area contributed by atoms with Crippen LogP contribution in [0.1, 0.15) is 34.0 Å². The molecule has 0 amide bonds. The molecule has 2 heterocycles. The van der Waals surface area contributed by atoms with Crippen molar-refractivity contribution in [1.29, 1.82) is 0 Å². The van der Waals surface area contributed by atoms with E-state index < -0.39 is 0 Å². The number of para-hydroxylation sites is 2. The van der Waals surface area contributed by atoms with Crippen molar-refractivity contribution in [3.63, 3.8) is 0 Å². The fourth-order valence-corrected chi connectivity index (χ4v) is 4.64. The number of hydrogen-bond donors (Lipinski definition) is 2. The number of benzene rings is 3. The third-order valence-electron chi connectivity index (χ3n) is 5.88. The van der Waals surface area contributed by atoms with Gasteiger partial charge < -0.3 is 9.97 Å². The molecule has 0 aliphatic carbocycles. The van der Waals surface area contributed by atoms with Crippen LogP contribution in [0.4, 0.5) is 5.69 Å². The molecule has 0 aliphatic rings. The SMILES string of the molecule is Cc1[nH]c2ccccc2c1C(c1cccc([N+](=O)[O-])c1)c1c(C)[nH]c2ccccc12. The van der Waals surface area contributed by atoms with Crippen molar-refractivity contribution < 1.29 is 4.92 Å². The van der Waals surface area contributed by atoms with E-state index in [9.17, 15) is 10.1 Å². The second-order valence-corrected chi connectivity index (χ2v) is 7.70. The van der Waals surface area contributed by atoms with Gasteiger partial charge in [0.15, 0.2) is 0 Å². The largest absolute Gasteiger partial charge is 0.358 e. The van der Waals surface area contributed by atoms with Crippen LogP contribution in [-0.4, -0.2) is 14.9 Å². The van der Waals surface area contributed by atoms with Gasteiger partial charge in [-0.05, 0) is 42.7 Å². The molecule has 0 radical (unpaired) electrons. The van der Waals surface area contributed by atoms with E-state index in [1.54, 1.807) is 18.2 Å². The molecule has 5 nitrogen and oxygen atoms in total. The summed E-state index contributed by atoms with van der Waals surface area (Å²) in [5.41, 5.74) is 7.58. The first-order valence-electron chi connectivity index (χ1n) is 9.93. The molecule has 0 saturated carbocycles. The summed E-state index contributed by atoms with van der Waals surface area (Å²) in [6, 6.07) is 23.5. The van der Waals surface area contributed by atoms with Gasteiger partial charge in [0.25, 0.3) is 5.69 Å². The summed E-state index contributed by atoms with van der Waals surface area (Å²) in [6.07, 6.45) is 0. The molecule has 0 bridgehead atoms. The van der Waals surface area contributed by atoms with Crippen molar-refractivity contribution in [2.75, 3.05) is 0 Å². The van der Waals surface area contributed by atoms with Crippen LogP contribution >= 0.6 is 0 Å². The molecule has 0 unspecified atom stereocenters. The number of aryl methyl sites for hydroxylation is 2. The van der Waals surface area contributed by atoms with Crippen molar-refractivity contribution in [2.24, 2.45) is 0 Å². The second-order valence-electron chi connectivity index (χ2n) is 7.70. The lowest BCUT2D eigenvalue weighted by molar-refractivity contribution is -0.384. The number of aromatic nitrogens is 2. The molecule has 0 atom stereocenters. The highest BCUT2D eigenvalue weighted by Crippen LogP contribution is 2.43. The molecule has 0 spiro atoms. The minimum Gasteiger partial charge on any atom is -0.358 e. The Bertz CT molecular complexity index is 1330. The van der Waals surface area contributed by atoms with Gasteiger partial charge in [0.05, 0.1) is 4.92 Å². The third kappa shape index (κ3) is 2.78. The Hall–Kier alpha value is -3.86. The highest BCUT2D eigenvalue weighted by atomic mass is 16.6. The predicted molar refractivity (Wildman–Crippen MR) is 120 cm³/mol. The summed E-state index contributed by atoms with van der Waals surface area (Å²) in [4.78, 5) is 18.2. The van der Waals surface area contributed by atoms with Gasteiger partial charge in [0.2, 0.25) is 0 Å². The maximum absolute atomic E-state index is 11.5. The van der Waals surface area contributed by atoms with Crippen LogP contribution in [-0.2, 0) is 0 Å². The molecule has 0 saturated heterocycles. The lowest BCUT2D eigenvalue weighted by atomic mass is 9.82. The quantitative estimate of drug-likeness (QED) is 0.275. The average Bonchev–Trinajstić information content (AvgIpc) is 3.25. The van der Waals surface area contributed by atoms with Gasteiger partial charge in [-0.15, -0.1) is 0 Å². The summed E-state index contributed by atoms with van der Waals surface area (Å²) >= 11 is 0. The monoisotopic (exact) mass is 395 g/mol. The highest BCUT2D eigenvalue weighted by Gasteiger charge is 2.28. The molecule has 0 fully saturated rings. The summed E-state index contributed by atoms with van der Waals surface area (Å²) in [5, 5.41) is 13.8. The van der Waals surface area contributed by atoms with Crippen LogP contribution in [0, 0.1) is 24.0 Å². The summed E-state index contributed by atoms with van der Waals surface area (Å²) in [5.74, 6) is -0.141. The Morgan fingerprint density at radius 1 is 0.767 bits per heavy atom. The molecule has 30 heavy (non-hydrogen) atoms. The molecular weight excluding hydrogens is 374 g/mol. The zero-order chi connectivity index (χ0) is 20.8. The minimum atomic E-state index is -0.329. The smallest absolute Gasteiger partial charge is 0.269 e. The molecular formula is C25H21N3O2. The summed E-state index contributed by atoms with van der Waals surface area (Å²) < 4.78 is 0. The van der Waals surface area contributed by atoms with Gasteiger partial charge in [0, 0.05) is 51.2 Å². The van der Waals surface area contributed by atoms with E-state index in [-0.39, 0.29) is 16.5 Å². The van der Waals surface area contributed by atoms with Crippen LogP contribution in [0.25, 0.3) is 21.8 Å². The maximum Gasteiger partial charge on any atom is 0.269 e. The van der Waals surface area contributed by atoms with E-state index in [2.05, 4.69) is 48.1 Å². The van der Waals surface area contributed by atoms with Gasteiger partial charge in [-0.1, -0.05) is 48.5 Å². The van der Waals surface area contributed by atoms with E-state index in [0.29, 0.717) is 0 Å². The molecule has 148 valence electrons. The molecule has 5 heteroatoms. The molecule has 0 aliphatic heterocycles. The maximum atomic E-state index is 11.5. The van der Waals surface area contributed by atoms with Crippen LogP contribution in [0.15, 0.2) is 72.8 Å². The topological polar surface area (TPSA) is 74.7 Å². The number of fused-ring (bicyclic) bond motifs is 2. The lowest BCUT2D eigenvalue weighted by Gasteiger charge is -2.20. The number of nitro groups is 1. The minimum absolute atomic E-state index is 0.104. The van der Waals surface area contributed by atoms with Gasteiger partial charge in [-0.3, -0.25) is 10.1 Å². The Morgan fingerprint density at radius 3 is 1.83 bits per heavy atom. The van der Waals surface area contributed by atoms with Crippen LogP contribution < -0.4 is 0 Å². The van der Waals surface area contributed by atoms with Gasteiger partial charge in [-0.25, -0.2) is 0 Å². The van der Waals surface area contributed by atoms with E-state index in [1.165, 1.54) is 0 Å². The van der Waals surface area contributed by atoms with E-state index in [1.807, 2.05) is 30.3 Å². The Kier molecular flexibility index (Phi) is 4.17. The Balaban J connectivity index is 1.87. The summed E-state index contributed by atoms with van der Waals surface area (Å²) in [6.45, 7) is 4.15. The first-order chi connectivity index (χ1) is 14.5. The first-order valence-corrected chi connectivity index (χ1v) is 9.93. The number of aromatic amines is 2. The molecule has 2 aromatic heterocycles. The Labute approximate surface area is 173 Å². The number of nitrogens with one attached hydrogen (secondary N) is 2. The van der Waals surface area contributed by atoms with Crippen LogP contribution in [0.3, 0.4) is 0 Å². The number of hydrogen-bond acceptors (Lipinski definition) is 2. The standard InChI is InChI=1S/C25H21N3O2/c1-15-23(19-10-3-5-12-21(19)26-15)25(17-8-7-9-18(14-17)28(29)30)24-16(2)27-22-13-6-4-11-20(22)24/h3-14,25-27H,1-2H3. The van der Waals surface area contributed by atoms with Gasteiger partial charge in [0.1, 0.15) is 0 Å². The second kappa shape index (κ2) is 6.88. The van der Waals surface area contributed by atoms with Crippen molar-refractivity contribution >= 4 is 27.5 Å². The molecule has 2 N–H and O–H groups in total. The third-order valence-corrected chi connectivity index (χ3v) is 5.88. The van der Waals surface area contributed by atoms with Crippen molar-refractivity contribution in [2.45, 2.75) is 19.8 Å². The number of nitro benzene ring substituents is 1. The van der Waals surface area contributed by atoms with E-state index in [0.717, 1.165) is 49.9 Å². The number of non-ortho nitro benzene ring substituents is 1. The van der Waals surface area contributed by atoms with Crippen molar-refractivity contribution in [3.05, 3.63) is 111 Å².